The molecular formula is C15H13ClFNO. The minimum absolute atomic E-state index is 0.154. The highest BCUT2D eigenvalue weighted by Crippen LogP contribution is 2.17. The topological polar surface area (TPSA) is 20.3 Å². The monoisotopic (exact) mass is 277 g/mol. The van der Waals surface area contributed by atoms with Crippen molar-refractivity contribution in [1.29, 1.82) is 0 Å². The molecule has 0 heterocycles. The van der Waals surface area contributed by atoms with E-state index in [1.807, 2.05) is 6.07 Å². The Hall–Kier alpha value is -1.87. The van der Waals surface area contributed by atoms with Crippen LogP contribution in [0, 0.1) is 5.82 Å². The Morgan fingerprint density at radius 2 is 1.89 bits per heavy atom. The van der Waals surface area contributed by atoms with Crippen LogP contribution in [0.25, 0.3) is 0 Å². The molecule has 0 spiro atoms. The summed E-state index contributed by atoms with van der Waals surface area (Å²) >= 11 is 5.75. The first-order chi connectivity index (χ1) is 9.11. The van der Waals surface area contributed by atoms with Gasteiger partial charge in [0, 0.05) is 24.2 Å². The van der Waals surface area contributed by atoms with Gasteiger partial charge < -0.3 is 4.90 Å². The molecule has 0 aliphatic heterocycles. The first-order valence-corrected chi connectivity index (χ1v) is 6.34. The number of hydrogen-bond acceptors (Lipinski definition) is 1. The molecule has 2 aromatic rings. The van der Waals surface area contributed by atoms with Crippen LogP contribution in [-0.2, 0) is 5.88 Å². The van der Waals surface area contributed by atoms with Crippen LogP contribution in [0.2, 0.25) is 0 Å². The third-order valence-electron chi connectivity index (χ3n) is 2.85. The molecule has 98 valence electrons. The first kappa shape index (κ1) is 13.6. The highest BCUT2D eigenvalue weighted by molar-refractivity contribution is 6.17. The Morgan fingerprint density at radius 3 is 2.53 bits per heavy atom. The Morgan fingerprint density at radius 1 is 1.21 bits per heavy atom. The van der Waals surface area contributed by atoms with E-state index in [4.69, 9.17) is 11.6 Å². The van der Waals surface area contributed by atoms with Crippen LogP contribution < -0.4 is 4.90 Å². The Bertz CT molecular complexity index is 583. The predicted octanol–water partition coefficient (Wildman–Crippen LogP) is 3.84. The first-order valence-electron chi connectivity index (χ1n) is 5.80. The largest absolute Gasteiger partial charge is 0.311 e. The van der Waals surface area contributed by atoms with Crippen LogP contribution >= 0.6 is 11.6 Å². The molecular weight excluding hydrogens is 265 g/mol. The van der Waals surface area contributed by atoms with E-state index in [9.17, 15) is 9.18 Å². The van der Waals surface area contributed by atoms with Crippen molar-refractivity contribution in [2.45, 2.75) is 5.88 Å². The molecule has 0 radical (unpaired) electrons. The molecule has 1 amide bonds. The number of nitrogens with zero attached hydrogens (tertiary/aromatic N) is 1. The molecule has 0 aromatic heterocycles. The second-order valence-corrected chi connectivity index (χ2v) is 4.44. The summed E-state index contributed by atoms with van der Waals surface area (Å²) in [6.45, 7) is 0. The van der Waals surface area contributed by atoms with Gasteiger partial charge in [0.2, 0.25) is 0 Å². The Kier molecular flexibility index (Phi) is 4.17. The van der Waals surface area contributed by atoms with Gasteiger partial charge in [-0.25, -0.2) is 4.39 Å². The summed E-state index contributed by atoms with van der Waals surface area (Å²) in [6.07, 6.45) is 0. The average Bonchev–Trinajstić information content (AvgIpc) is 2.46. The second-order valence-electron chi connectivity index (χ2n) is 4.17. The maximum atomic E-state index is 12.9. The zero-order valence-corrected chi connectivity index (χ0v) is 11.2. The smallest absolute Gasteiger partial charge is 0.258 e. The van der Waals surface area contributed by atoms with Gasteiger partial charge in [-0.2, -0.15) is 0 Å². The molecule has 0 bridgehead atoms. The molecule has 0 aliphatic carbocycles. The van der Waals surface area contributed by atoms with Gasteiger partial charge >= 0.3 is 0 Å². The average molecular weight is 278 g/mol. The maximum absolute atomic E-state index is 12.9. The zero-order valence-electron chi connectivity index (χ0n) is 10.4. The fourth-order valence-corrected chi connectivity index (χ4v) is 1.93. The minimum atomic E-state index is -0.325. The van der Waals surface area contributed by atoms with Crippen LogP contribution in [0.3, 0.4) is 0 Å². The fraction of sp³-hybridized carbons (Fsp3) is 0.133. The van der Waals surface area contributed by atoms with Crippen molar-refractivity contribution in [3.63, 3.8) is 0 Å². The lowest BCUT2D eigenvalue weighted by atomic mass is 10.1. The van der Waals surface area contributed by atoms with Gasteiger partial charge in [0.1, 0.15) is 5.82 Å². The minimum Gasteiger partial charge on any atom is -0.311 e. The predicted molar refractivity (Wildman–Crippen MR) is 75.1 cm³/mol. The van der Waals surface area contributed by atoms with Crippen molar-refractivity contribution < 1.29 is 9.18 Å². The molecule has 0 atom stereocenters. The SMILES string of the molecule is CN(C(=O)c1cccc(CCl)c1)c1ccc(F)cc1. The number of alkyl halides is 1. The third kappa shape index (κ3) is 3.12. The highest BCUT2D eigenvalue weighted by atomic mass is 35.5. The summed E-state index contributed by atoms with van der Waals surface area (Å²) in [6, 6.07) is 12.9. The lowest BCUT2D eigenvalue weighted by Gasteiger charge is -2.17. The second kappa shape index (κ2) is 5.85. The molecule has 4 heteroatoms. The van der Waals surface area contributed by atoms with Crippen molar-refractivity contribution >= 4 is 23.2 Å². The van der Waals surface area contributed by atoms with Gasteiger partial charge in [-0.05, 0) is 42.0 Å². The van der Waals surface area contributed by atoms with Crippen molar-refractivity contribution in [3.05, 3.63) is 65.5 Å². The highest BCUT2D eigenvalue weighted by Gasteiger charge is 2.13. The summed E-state index contributed by atoms with van der Waals surface area (Å²) in [5, 5.41) is 0. The molecule has 19 heavy (non-hydrogen) atoms. The van der Waals surface area contributed by atoms with Crippen molar-refractivity contribution in [2.24, 2.45) is 0 Å². The molecule has 2 aromatic carbocycles. The normalized spacial score (nSPS) is 10.3. The summed E-state index contributed by atoms with van der Waals surface area (Å²) in [5.74, 6) is -0.117. The van der Waals surface area contributed by atoms with Crippen LogP contribution in [0.5, 0.6) is 0 Å². The van der Waals surface area contributed by atoms with Crippen molar-refractivity contribution in [1.82, 2.24) is 0 Å². The quantitative estimate of drug-likeness (QED) is 0.781. The number of carbonyl (C=O) groups is 1. The lowest BCUT2D eigenvalue weighted by molar-refractivity contribution is 0.0993. The Balaban J connectivity index is 2.25. The molecule has 0 aliphatic rings. The third-order valence-corrected chi connectivity index (χ3v) is 3.16. The summed E-state index contributed by atoms with van der Waals surface area (Å²) < 4.78 is 12.9. The summed E-state index contributed by atoms with van der Waals surface area (Å²) in [5.41, 5.74) is 2.09. The van der Waals surface area contributed by atoms with Gasteiger partial charge in [-0.15, -0.1) is 11.6 Å². The van der Waals surface area contributed by atoms with Gasteiger partial charge in [0.25, 0.3) is 5.91 Å². The van der Waals surface area contributed by atoms with Gasteiger partial charge in [-0.1, -0.05) is 12.1 Å². The summed E-state index contributed by atoms with van der Waals surface area (Å²) in [4.78, 5) is 13.8. The van der Waals surface area contributed by atoms with Crippen molar-refractivity contribution in [2.75, 3.05) is 11.9 Å². The van der Waals surface area contributed by atoms with Crippen LogP contribution in [0.4, 0.5) is 10.1 Å². The number of benzene rings is 2. The molecule has 0 unspecified atom stereocenters. The summed E-state index contributed by atoms with van der Waals surface area (Å²) in [7, 11) is 1.66. The van der Waals surface area contributed by atoms with E-state index in [1.54, 1.807) is 37.4 Å². The van der Waals surface area contributed by atoms with Gasteiger partial charge in [0.15, 0.2) is 0 Å². The number of carbonyl (C=O) groups excluding carboxylic acids is 1. The van der Waals surface area contributed by atoms with Crippen LogP contribution in [-0.4, -0.2) is 13.0 Å². The molecule has 0 fully saturated rings. The van der Waals surface area contributed by atoms with E-state index >= 15 is 0 Å². The molecule has 0 saturated heterocycles. The van der Waals surface area contributed by atoms with E-state index in [2.05, 4.69) is 0 Å². The van der Waals surface area contributed by atoms with Crippen LogP contribution in [0.1, 0.15) is 15.9 Å². The number of amides is 1. The number of rotatable bonds is 3. The van der Waals surface area contributed by atoms with E-state index in [1.165, 1.54) is 17.0 Å². The zero-order chi connectivity index (χ0) is 13.8. The lowest BCUT2D eigenvalue weighted by Crippen LogP contribution is -2.26. The van der Waals surface area contributed by atoms with Gasteiger partial charge in [0.05, 0.1) is 0 Å². The van der Waals surface area contributed by atoms with E-state index < -0.39 is 0 Å². The molecule has 2 nitrogen and oxygen atoms in total. The molecule has 0 N–H and O–H groups in total. The van der Waals surface area contributed by atoms with E-state index in [-0.39, 0.29) is 11.7 Å². The van der Waals surface area contributed by atoms with Gasteiger partial charge in [-0.3, -0.25) is 4.79 Å². The maximum Gasteiger partial charge on any atom is 0.258 e. The van der Waals surface area contributed by atoms with E-state index in [0.29, 0.717) is 17.1 Å². The molecule has 0 saturated carbocycles. The Labute approximate surface area is 116 Å². The molecule has 2 rings (SSSR count). The number of hydrogen-bond donors (Lipinski definition) is 0. The standard InChI is InChI=1S/C15H13ClFNO/c1-18(14-7-5-13(17)6-8-14)15(19)12-4-2-3-11(9-12)10-16/h2-9H,10H2,1H3. The van der Waals surface area contributed by atoms with E-state index in [0.717, 1.165) is 5.56 Å². The number of anilines is 1. The van der Waals surface area contributed by atoms with Crippen LogP contribution in [0.15, 0.2) is 48.5 Å². The number of halogens is 2. The van der Waals surface area contributed by atoms with Crippen molar-refractivity contribution in [3.8, 4) is 0 Å². The fourth-order valence-electron chi connectivity index (χ4n) is 1.76.